The summed E-state index contributed by atoms with van der Waals surface area (Å²) in [4.78, 5) is 84.4. The van der Waals surface area contributed by atoms with Gasteiger partial charge in [-0.05, 0) is 94.3 Å². The number of carboxylic acid groups (broad SMARTS) is 1. The minimum Gasteiger partial charge on any atom is -0.465 e. The molecule has 0 bridgehead atoms. The van der Waals surface area contributed by atoms with Crippen LogP contribution in [0.4, 0.5) is 14.4 Å². The van der Waals surface area contributed by atoms with Crippen molar-refractivity contribution in [2.24, 2.45) is 17.4 Å². The molecule has 20 nitrogen and oxygen atoms in total. The maximum Gasteiger partial charge on any atom is 0.410 e. The number of carbonyl (C=O) groups excluding carboxylic acids is 5. The number of piperazine rings is 3. The van der Waals surface area contributed by atoms with Gasteiger partial charge in [-0.15, -0.1) is 0 Å². The predicted molar refractivity (Wildman–Crippen MR) is 262 cm³/mol. The Morgan fingerprint density at radius 3 is 1.26 bits per heavy atom. The summed E-state index contributed by atoms with van der Waals surface area (Å²) in [6, 6.07) is 14.2. The summed E-state index contributed by atoms with van der Waals surface area (Å²) in [5.41, 5.74) is 13.9. The van der Waals surface area contributed by atoms with Crippen molar-refractivity contribution in [3.05, 3.63) is 70.8 Å². The highest BCUT2D eigenvalue weighted by atomic mass is 16.6. The van der Waals surface area contributed by atoms with Crippen molar-refractivity contribution < 1.29 is 43.3 Å². The van der Waals surface area contributed by atoms with Gasteiger partial charge in [-0.3, -0.25) is 25.2 Å². The van der Waals surface area contributed by atoms with Crippen molar-refractivity contribution in [2.45, 2.75) is 95.7 Å². The number of hydrogen-bond acceptors (Lipinski definition) is 11. The SMILES string of the molecule is N=C(N)c1ccc(CC(=O)N2CCN(C(=O)O[C@H]3CCC[C@@H](OC(=O)N4CCN(C(=O)Cc5ccc(C(=N)N)cc5)CC4)CCC3)CC2)cc1.O=C(O)N1CCN(C(=O)CCCC2CCNCC2)CC1. The second-order valence-corrected chi connectivity index (χ2v) is 18.9. The lowest BCUT2D eigenvalue weighted by Crippen LogP contribution is -2.51. The van der Waals surface area contributed by atoms with Crippen LogP contribution in [0.3, 0.4) is 0 Å². The molecule has 70 heavy (non-hydrogen) atoms. The maximum absolute atomic E-state index is 13.0. The lowest BCUT2D eigenvalue weighted by molar-refractivity contribution is -0.133. The van der Waals surface area contributed by atoms with E-state index in [0.717, 1.165) is 55.8 Å². The minimum atomic E-state index is -0.886. The van der Waals surface area contributed by atoms with E-state index in [2.05, 4.69) is 5.32 Å². The summed E-state index contributed by atoms with van der Waals surface area (Å²) in [5.74, 6) is 0.915. The summed E-state index contributed by atoms with van der Waals surface area (Å²) in [6.07, 6.45) is 7.98. The van der Waals surface area contributed by atoms with Crippen LogP contribution in [-0.2, 0) is 36.7 Å². The Bertz CT molecular complexity index is 1970. The molecular formula is C50H73N11O9. The highest BCUT2D eigenvalue weighted by Gasteiger charge is 2.31. The van der Waals surface area contributed by atoms with Gasteiger partial charge in [0, 0.05) is 96.1 Å². The number of ether oxygens (including phenoxy) is 2. The van der Waals surface area contributed by atoms with E-state index >= 15 is 0 Å². The minimum absolute atomic E-state index is 0.00775. The number of amides is 6. The molecule has 382 valence electrons. The van der Waals surface area contributed by atoms with Crippen LogP contribution in [0.1, 0.15) is 92.9 Å². The molecule has 1 saturated carbocycles. The smallest absolute Gasteiger partial charge is 0.410 e. The molecule has 2 aromatic carbocycles. The Labute approximate surface area is 410 Å². The Hall–Kier alpha value is -6.44. The number of piperidine rings is 1. The lowest BCUT2D eigenvalue weighted by atomic mass is 9.92. The number of rotatable bonds is 12. The molecule has 0 aromatic heterocycles. The Kier molecular flexibility index (Phi) is 20.0. The van der Waals surface area contributed by atoms with Crippen molar-refractivity contribution >= 4 is 47.7 Å². The van der Waals surface area contributed by atoms with E-state index < -0.39 is 6.09 Å². The summed E-state index contributed by atoms with van der Waals surface area (Å²) >= 11 is 0. The highest BCUT2D eigenvalue weighted by molar-refractivity contribution is 5.95. The van der Waals surface area contributed by atoms with E-state index in [4.69, 9.17) is 36.9 Å². The zero-order valence-electron chi connectivity index (χ0n) is 40.5. The largest absolute Gasteiger partial charge is 0.465 e. The zero-order chi connectivity index (χ0) is 50.0. The van der Waals surface area contributed by atoms with Crippen LogP contribution >= 0.6 is 0 Å². The maximum atomic E-state index is 13.0. The van der Waals surface area contributed by atoms with Crippen molar-refractivity contribution in [2.75, 3.05) is 91.6 Å². The lowest BCUT2D eigenvalue weighted by Gasteiger charge is -2.36. The van der Waals surface area contributed by atoms with Crippen LogP contribution in [0.5, 0.6) is 0 Å². The van der Waals surface area contributed by atoms with Gasteiger partial charge in [0.15, 0.2) is 0 Å². The molecule has 4 aliphatic heterocycles. The van der Waals surface area contributed by atoms with Crippen molar-refractivity contribution in [1.29, 1.82) is 10.8 Å². The zero-order valence-corrected chi connectivity index (χ0v) is 40.5. The van der Waals surface area contributed by atoms with Crippen molar-refractivity contribution in [1.82, 2.24) is 34.7 Å². The summed E-state index contributed by atoms with van der Waals surface area (Å²) < 4.78 is 11.8. The van der Waals surface area contributed by atoms with Crippen LogP contribution in [0.25, 0.3) is 0 Å². The molecule has 6 amide bonds. The first-order chi connectivity index (χ1) is 33.7. The van der Waals surface area contributed by atoms with Gasteiger partial charge in [-0.1, -0.05) is 48.5 Å². The molecule has 0 unspecified atom stereocenters. The van der Waals surface area contributed by atoms with Crippen LogP contribution in [0.2, 0.25) is 0 Å². The Morgan fingerprint density at radius 2 is 0.886 bits per heavy atom. The summed E-state index contributed by atoms with van der Waals surface area (Å²) in [5, 5.41) is 27.2. The van der Waals surface area contributed by atoms with Crippen LogP contribution < -0.4 is 16.8 Å². The van der Waals surface area contributed by atoms with E-state index in [0.29, 0.717) is 122 Å². The number of benzene rings is 2. The van der Waals surface area contributed by atoms with E-state index in [1.807, 2.05) is 4.90 Å². The fraction of sp³-hybridized carbons (Fsp3) is 0.600. The fourth-order valence-corrected chi connectivity index (χ4v) is 9.58. The molecule has 2 aromatic rings. The van der Waals surface area contributed by atoms with Crippen molar-refractivity contribution in [3.8, 4) is 0 Å². The standard InChI is InChI=1S/C36H48N8O6.C14H25N3O3/c37-33(38)27-11-7-25(8-12-27)23-31(45)41-15-19-43(20-16-41)35(47)49-29-3-1-4-30(6-2-5-29)50-36(48)44-21-17-42(18-22-44)32(46)24-26-9-13-28(14-10-26)34(39)40;18-13(3-1-2-12-4-6-15-7-5-12)16-8-10-17(11-9-16)14(19)20/h7-14,29-30H,1-6,15-24H2,(H3,37,38)(H3,39,40);12,15H,1-11H2,(H,19,20)/t29-,30+;. The van der Waals surface area contributed by atoms with Gasteiger partial charge in [0.2, 0.25) is 17.7 Å². The molecule has 4 heterocycles. The average molecular weight is 972 g/mol. The molecule has 0 spiro atoms. The van der Waals surface area contributed by atoms with Crippen LogP contribution in [0, 0.1) is 16.7 Å². The number of amidine groups is 2. The fourth-order valence-electron chi connectivity index (χ4n) is 9.58. The predicted octanol–water partition coefficient (Wildman–Crippen LogP) is 3.67. The van der Waals surface area contributed by atoms with Gasteiger partial charge in [-0.2, -0.15) is 0 Å². The number of nitrogens with one attached hydrogen (secondary N) is 3. The first kappa shape index (κ1) is 52.9. The molecule has 8 N–H and O–H groups in total. The molecular weight excluding hydrogens is 899 g/mol. The monoisotopic (exact) mass is 972 g/mol. The average Bonchev–Trinajstić information content (AvgIpc) is 3.36. The number of nitrogens with zero attached hydrogens (tertiary/aromatic N) is 6. The number of nitrogen functional groups attached to an aromatic ring is 2. The summed E-state index contributed by atoms with van der Waals surface area (Å²) in [6.45, 7) is 7.61. The topological polar surface area (TPSA) is 272 Å². The van der Waals surface area contributed by atoms with Crippen LogP contribution in [0.15, 0.2) is 48.5 Å². The van der Waals surface area contributed by atoms with E-state index in [1.165, 1.54) is 17.7 Å². The van der Waals surface area contributed by atoms with Gasteiger partial charge in [-0.25, -0.2) is 14.4 Å². The second kappa shape index (κ2) is 26.5. The van der Waals surface area contributed by atoms with E-state index in [-0.39, 0.29) is 66.6 Å². The summed E-state index contributed by atoms with van der Waals surface area (Å²) in [7, 11) is 0. The van der Waals surface area contributed by atoms with E-state index in [1.54, 1.807) is 68.1 Å². The van der Waals surface area contributed by atoms with Crippen molar-refractivity contribution in [3.63, 3.8) is 0 Å². The van der Waals surface area contributed by atoms with Gasteiger partial charge >= 0.3 is 18.3 Å². The van der Waals surface area contributed by atoms with Gasteiger partial charge in [0.05, 0.1) is 12.8 Å². The normalized spacial score (nSPS) is 20.2. The van der Waals surface area contributed by atoms with E-state index in [9.17, 15) is 28.8 Å². The number of nitrogens with two attached hydrogens (primary N) is 2. The first-order valence-electron chi connectivity index (χ1n) is 25.0. The molecule has 5 aliphatic rings. The van der Waals surface area contributed by atoms with Gasteiger partial charge in [0.1, 0.15) is 23.9 Å². The molecule has 7 rings (SSSR count). The molecule has 4 saturated heterocycles. The molecule has 0 atom stereocenters. The number of carbonyl (C=O) groups is 6. The third-order valence-corrected chi connectivity index (χ3v) is 14.0. The Morgan fingerprint density at radius 1 is 0.529 bits per heavy atom. The van der Waals surface area contributed by atoms with Gasteiger partial charge in [0.25, 0.3) is 0 Å². The third-order valence-electron chi connectivity index (χ3n) is 14.0. The molecule has 0 radical (unpaired) electrons. The second-order valence-electron chi connectivity index (χ2n) is 18.9. The molecule has 20 heteroatoms. The molecule has 5 fully saturated rings. The number of hydrogen-bond donors (Lipinski definition) is 6. The quantitative estimate of drug-likeness (QED) is 0.131. The third kappa shape index (κ3) is 16.3. The highest BCUT2D eigenvalue weighted by Crippen LogP contribution is 2.24. The van der Waals surface area contributed by atoms with Gasteiger partial charge < -0.3 is 60.8 Å². The molecule has 1 aliphatic carbocycles. The van der Waals surface area contributed by atoms with Crippen LogP contribution in [-0.4, -0.2) is 186 Å². The first-order valence-corrected chi connectivity index (χ1v) is 25.0. The Balaban J connectivity index is 0.000000334.